The first-order chi connectivity index (χ1) is 13.6. The number of pyridine rings is 1. The van der Waals surface area contributed by atoms with E-state index in [1.165, 1.54) is 18.6 Å². The molecule has 0 aliphatic heterocycles. The van der Waals surface area contributed by atoms with Gasteiger partial charge in [0.2, 0.25) is 5.88 Å². The smallest absolute Gasteiger partial charge is 0.221 e. The molecule has 5 rings (SSSR count). The number of benzene rings is 2. The molecule has 0 atom stereocenters. The number of aromatic nitrogens is 3. The Balaban J connectivity index is 1.83. The van der Waals surface area contributed by atoms with E-state index in [0.29, 0.717) is 5.88 Å². The largest absolute Gasteiger partial charge is 0.474 e. The zero-order valence-corrected chi connectivity index (χ0v) is 16.0. The Morgan fingerprint density at radius 1 is 1.11 bits per heavy atom. The quantitative estimate of drug-likeness (QED) is 0.478. The average Bonchev–Trinajstić information content (AvgIpc) is 3.10. The van der Waals surface area contributed by atoms with Crippen molar-refractivity contribution in [1.29, 1.82) is 0 Å². The number of rotatable bonds is 4. The van der Waals surface area contributed by atoms with Crippen molar-refractivity contribution in [3.8, 4) is 17.0 Å². The lowest BCUT2D eigenvalue weighted by molar-refractivity contribution is 0.116. The van der Waals surface area contributed by atoms with E-state index in [1.54, 1.807) is 0 Å². The molecule has 0 amide bonds. The Kier molecular flexibility index (Phi) is 4.04. The van der Waals surface area contributed by atoms with Gasteiger partial charge in [-0.1, -0.05) is 26.0 Å². The average molecular weight is 375 g/mol. The lowest BCUT2D eigenvalue weighted by atomic mass is 9.91. The number of aromatic amines is 1. The van der Waals surface area contributed by atoms with Gasteiger partial charge in [-0.25, -0.2) is 9.37 Å². The molecule has 1 N–H and O–H groups in total. The summed E-state index contributed by atoms with van der Waals surface area (Å²) >= 11 is 0. The molecule has 2 aromatic heterocycles. The van der Waals surface area contributed by atoms with Crippen LogP contribution in [0.15, 0.2) is 42.6 Å². The van der Waals surface area contributed by atoms with E-state index in [2.05, 4.69) is 36.2 Å². The summed E-state index contributed by atoms with van der Waals surface area (Å²) in [6.45, 7) is 4.26. The number of nitrogens with one attached hydrogen (secondary N) is 1. The third-order valence-electron chi connectivity index (χ3n) is 5.57. The minimum atomic E-state index is -0.241. The summed E-state index contributed by atoms with van der Waals surface area (Å²) < 4.78 is 19.8. The standard InChI is InChI=1S/C23H22FN3O/c1-13(2)22-21(14-6-8-16(24)9-7-14)18-10-15-12-25-27-20(15)11-19(18)23(26-22)28-17-4-3-5-17/h6-13,17H,3-5H2,1-2H3,(H,25,27). The van der Waals surface area contributed by atoms with Crippen LogP contribution in [0.5, 0.6) is 5.88 Å². The van der Waals surface area contributed by atoms with Crippen molar-refractivity contribution in [2.24, 2.45) is 0 Å². The van der Waals surface area contributed by atoms with Gasteiger partial charge < -0.3 is 4.74 Å². The van der Waals surface area contributed by atoms with Crippen molar-refractivity contribution in [2.75, 3.05) is 0 Å². The number of H-pyrrole nitrogens is 1. The summed E-state index contributed by atoms with van der Waals surface area (Å²) in [7, 11) is 0. The second-order valence-corrected chi connectivity index (χ2v) is 7.86. The van der Waals surface area contributed by atoms with Crippen molar-refractivity contribution in [3.63, 3.8) is 0 Å². The third-order valence-corrected chi connectivity index (χ3v) is 5.57. The van der Waals surface area contributed by atoms with E-state index in [9.17, 15) is 4.39 Å². The van der Waals surface area contributed by atoms with Crippen molar-refractivity contribution in [1.82, 2.24) is 15.2 Å². The lowest BCUT2D eigenvalue weighted by Crippen LogP contribution is -2.25. The lowest BCUT2D eigenvalue weighted by Gasteiger charge is -2.27. The molecular formula is C23H22FN3O. The maximum Gasteiger partial charge on any atom is 0.221 e. The highest BCUT2D eigenvalue weighted by atomic mass is 19.1. The van der Waals surface area contributed by atoms with Gasteiger partial charge in [0.15, 0.2) is 0 Å². The molecule has 1 saturated carbocycles. The Morgan fingerprint density at radius 3 is 2.57 bits per heavy atom. The van der Waals surface area contributed by atoms with Crippen LogP contribution in [0, 0.1) is 5.82 Å². The van der Waals surface area contributed by atoms with Gasteiger partial charge in [0.25, 0.3) is 0 Å². The summed E-state index contributed by atoms with van der Waals surface area (Å²) in [5.41, 5.74) is 3.92. The fourth-order valence-corrected chi connectivity index (χ4v) is 3.81. The molecule has 0 unspecified atom stereocenters. The summed E-state index contributed by atoms with van der Waals surface area (Å²) in [6.07, 6.45) is 5.42. The highest BCUT2D eigenvalue weighted by Gasteiger charge is 2.24. The minimum Gasteiger partial charge on any atom is -0.474 e. The SMILES string of the molecule is CC(C)c1nc(OC2CCC2)c2cc3[nH]ncc3cc2c1-c1ccc(F)cc1. The molecule has 2 aromatic carbocycles. The molecule has 0 radical (unpaired) electrons. The van der Waals surface area contributed by atoms with Gasteiger partial charge >= 0.3 is 0 Å². The fraction of sp³-hybridized carbons (Fsp3) is 0.304. The molecular weight excluding hydrogens is 353 g/mol. The fourth-order valence-electron chi connectivity index (χ4n) is 3.81. The molecule has 0 bridgehead atoms. The van der Waals surface area contributed by atoms with Crippen LogP contribution in [0.3, 0.4) is 0 Å². The van der Waals surface area contributed by atoms with Gasteiger partial charge in [0.1, 0.15) is 11.9 Å². The van der Waals surface area contributed by atoms with E-state index >= 15 is 0 Å². The van der Waals surface area contributed by atoms with Crippen LogP contribution in [0.2, 0.25) is 0 Å². The maximum absolute atomic E-state index is 13.5. The van der Waals surface area contributed by atoms with Crippen molar-refractivity contribution >= 4 is 21.7 Å². The Labute approximate surface area is 162 Å². The number of halogens is 1. The summed E-state index contributed by atoms with van der Waals surface area (Å²) in [5.74, 6) is 0.647. The Hall–Kier alpha value is -2.95. The summed E-state index contributed by atoms with van der Waals surface area (Å²) in [4.78, 5) is 4.96. The van der Waals surface area contributed by atoms with E-state index in [0.717, 1.165) is 51.3 Å². The number of hydrogen-bond donors (Lipinski definition) is 1. The highest BCUT2D eigenvalue weighted by Crippen LogP contribution is 2.41. The zero-order valence-electron chi connectivity index (χ0n) is 16.0. The van der Waals surface area contributed by atoms with Gasteiger partial charge in [-0.15, -0.1) is 0 Å². The maximum atomic E-state index is 13.5. The highest BCUT2D eigenvalue weighted by molar-refractivity contribution is 6.06. The number of fused-ring (bicyclic) bond motifs is 2. The van der Waals surface area contributed by atoms with Gasteiger partial charge in [0, 0.05) is 16.3 Å². The van der Waals surface area contributed by atoms with Crippen LogP contribution < -0.4 is 4.74 Å². The monoisotopic (exact) mass is 375 g/mol. The normalized spacial score (nSPS) is 14.7. The van der Waals surface area contributed by atoms with Crippen LogP contribution in [0.25, 0.3) is 32.8 Å². The van der Waals surface area contributed by atoms with Gasteiger partial charge in [-0.3, -0.25) is 5.10 Å². The molecule has 1 fully saturated rings. The molecule has 1 aliphatic rings. The van der Waals surface area contributed by atoms with Crippen LogP contribution >= 0.6 is 0 Å². The van der Waals surface area contributed by atoms with Crippen molar-refractivity contribution in [2.45, 2.75) is 45.1 Å². The second-order valence-electron chi connectivity index (χ2n) is 7.86. The predicted octanol–water partition coefficient (Wildman–Crippen LogP) is 5.97. The van der Waals surface area contributed by atoms with Gasteiger partial charge in [-0.05, 0) is 60.4 Å². The molecule has 1 aliphatic carbocycles. The first kappa shape index (κ1) is 17.2. The zero-order chi connectivity index (χ0) is 19.3. The van der Waals surface area contributed by atoms with E-state index < -0.39 is 0 Å². The van der Waals surface area contributed by atoms with E-state index in [-0.39, 0.29) is 17.8 Å². The predicted molar refractivity (Wildman–Crippen MR) is 109 cm³/mol. The number of ether oxygens (including phenoxy) is 1. The third kappa shape index (κ3) is 2.82. The minimum absolute atomic E-state index is 0.202. The van der Waals surface area contributed by atoms with Crippen LogP contribution in [0.1, 0.15) is 44.7 Å². The Bertz CT molecular complexity index is 1160. The second kappa shape index (κ2) is 6.59. The first-order valence-electron chi connectivity index (χ1n) is 9.83. The molecule has 142 valence electrons. The summed E-state index contributed by atoms with van der Waals surface area (Å²) in [6, 6.07) is 10.8. The van der Waals surface area contributed by atoms with Crippen LogP contribution in [0.4, 0.5) is 4.39 Å². The molecule has 4 nitrogen and oxygen atoms in total. The van der Waals surface area contributed by atoms with Gasteiger partial charge in [-0.2, -0.15) is 5.10 Å². The van der Waals surface area contributed by atoms with E-state index in [1.807, 2.05) is 18.3 Å². The van der Waals surface area contributed by atoms with E-state index in [4.69, 9.17) is 9.72 Å². The molecule has 28 heavy (non-hydrogen) atoms. The summed E-state index contributed by atoms with van der Waals surface area (Å²) in [5, 5.41) is 10.3. The Morgan fingerprint density at radius 2 is 1.89 bits per heavy atom. The number of nitrogens with zero attached hydrogens (tertiary/aromatic N) is 2. The molecule has 4 aromatic rings. The topological polar surface area (TPSA) is 50.8 Å². The molecule has 0 saturated heterocycles. The molecule has 5 heteroatoms. The van der Waals surface area contributed by atoms with Gasteiger partial charge in [0.05, 0.1) is 17.4 Å². The number of hydrogen-bond acceptors (Lipinski definition) is 3. The van der Waals surface area contributed by atoms with Crippen molar-refractivity contribution < 1.29 is 9.13 Å². The van der Waals surface area contributed by atoms with Crippen LogP contribution in [-0.4, -0.2) is 21.3 Å². The van der Waals surface area contributed by atoms with Crippen molar-refractivity contribution in [3.05, 3.63) is 54.1 Å². The first-order valence-corrected chi connectivity index (χ1v) is 9.83. The van der Waals surface area contributed by atoms with Crippen LogP contribution in [-0.2, 0) is 0 Å². The molecule has 0 spiro atoms. The molecule has 2 heterocycles.